The monoisotopic (exact) mass is 384 g/mol. The van der Waals surface area contributed by atoms with Crippen LogP contribution in [0.3, 0.4) is 0 Å². The van der Waals surface area contributed by atoms with Gasteiger partial charge in [-0.3, -0.25) is 9.69 Å². The summed E-state index contributed by atoms with van der Waals surface area (Å²) in [6.07, 6.45) is 2.80. The van der Waals surface area contributed by atoms with Crippen molar-refractivity contribution in [1.82, 2.24) is 19.9 Å². The average Bonchev–Trinajstić information content (AvgIpc) is 3.29. The summed E-state index contributed by atoms with van der Waals surface area (Å²) in [5, 5.41) is 4.14. The number of methoxy groups -OCH3 is 1. The number of nitrogens with zero attached hydrogens (tertiary/aromatic N) is 4. The van der Waals surface area contributed by atoms with Crippen LogP contribution in [-0.2, 0) is 9.53 Å². The predicted octanol–water partition coefficient (Wildman–Crippen LogP) is 2.76. The predicted molar refractivity (Wildman–Crippen MR) is 104 cm³/mol. The summed E-state index contributed by atoms with van der Waals surface area (Å²) in [7, 11) is 1.47. The number of rotatable bonds is 7. The number of aromatic nitrogens is 2. The molecular formula is C21H28N4O3. The number of carbonyl (C=O) groups is 1. The van der Waals surface area contributed by atoms with Crippen LogP contribution in [0.5, 0.6) is 0 Å². The summed E-state index contributed by atoms with van der Waals surface area (Å²) in [4.78, 5) is 21.1. The number of carbonyl (C=O) groups excluding carboxylic acids is 1. The van der Waals surface area contributed by atoms with Crippen LogP contribution in [0, 0.1) is 5.41 Å². The third-order valence-electron chi connectivity index (χ3n) is 6.05. The maximum absolute atomic E-state index is 11.6. The number of benzene rings is 1. The fourth-order valence-corrected chi connectivity index (χ4v) is 3.99. The maximum atomic E-state index is 11.6. The largest absolute Gasteiger partial charge is 0.469 e. The first-order valence-corrected chi connectivity index (χ1v) is 10.0. The lowest BCUT2D eigenvalue weighted by Gasteiger charge is -2.38. The zero-order valence-corrected chi connectivity index (χ0v) is 16.6. The Labute approximate surface area is 165 Å². The quantitative estimate of drug-likeness (QED) is 0.680. The second-order valence-electron chi connectivity index (χ2n) is 8.06. The Balaban J connectivity index is 1.30. The Bertz CT molecular complexity index is 795. The van der Waals surface area contributed by atoms with Gasteiger partial charge in [0.1, 0.15) is 0 Å². The number of piperazine rings is 1. The molecule has 0 N–H and O–H groups in total. The number of hydrogen-bond donors (Lipinski definition) is 0. The second-order valence-corrected chi connectivity index (χ2v) is 8.06. The van der Waals surface area contributed by atoms with Gasteiger partial charge in [0.05, 0.1) is 19.6 Å². The minimum Gasteiger partial charge on any atom is -0.469 e. The molecule has 28 heavy (non-hydrogen) atoms. The van der Waals surface area contributed by atoms with Gasteiger partial charge in [-0.25, -0.2) is 0 Å². The van der Waals surface area contributed by atoms with Gasteiger partial charge in [-0.1, -0.05) is 35.5 Å². The van der Waals surface area contributed by atoms with Crippen molar-refractivity contribution in [1.29, 1.82) is 0 Å². The van der Waals surface area contributed by atoms with E-state index >= 15 is 0 Å². The van der Waals surface area contributed by atoms with Crippen LogP contribution in [-0.4, -0.2) is 65.7 Å². The summed E-state index contributed by atoms with van der Waals surface area (Å²) in [6.45, 7) is 7.01. The van der Waals surface area contributed by atoms with E-state index in [2.05, 4.69) is 26.9 Å². The highest BCUT2D eigenvalue weighted by Gasteiger charge is 2.46. The highest BCUT2D eigenvalue weighted by Crippen LogP contribution is 2.49. The molecule has 1 saturated heterocycles. The van der Waals surface area contributed by atoms with E-state index in [-0.39, 0.29) is 17.4 Å². The topological polar surface area (TPSA) is 71.7 Å². The van der Waals surface area contributed by atoms with Crippen molar-refractivity contribution in [2.75, 3.05) is 39.8 Å². The summed E-state index contributed by atoms with van der Waals surface area (Å²) < 4.78 is 10.4. The summed E-state index contributed by atoms with van der Waals surface area (Å²) in [5.41, 5.74) is 1.12. The Hall–Kier alpha value is -2.25. The number of hydrogen-bond acceptors (Lipinski definition) is 7. The molecule has 2 fully saturated rings. The van der Waals surface area contributed by atoms with Crippen LogP contribution in [0.2, 0.25) is 0 Å². The standard InChI is InChI=1S/C21H28N4O3/c1-16(20-22-19(23-28-20)17-6-4-3-5-7-17)25-12-10-24(11-13-25)15-21(8-9-21)14-18(26)27-2/h3-7,16H,8-15H2,1-2H3/t16-/m0/s1. The molecular weight excluding hydrogens is 356 g/mol. The smallest absolute Gasteiger partial charge is 0.306 e. The summed E-state index contributed by atoms with van der Waals surface area (Å²) >= 11 is 0. The van der Waals surface area contributed by atoms with Gasteiger partial charge in [-0.05, 0) is 25.2 Å². The first kappa shape index (κ1) is 19.1. The third kappa shape index (κ3) is 4.25. The zero-order valence-electron chi connectivity index (χ0n) is 16.6. The molecule has 4 rings (SSSR count). The van der Waals surface area contributed by atoms with E-state index in [0.29, 0.717) is 18.1 Å². The van der Waals surface area contributed by atoms with Crippen LogP contribution in [0.15, 0.2) is 34.9 Å². The fraction of sp³-hybridized carbons (Fsp3) is 0.571. The molecule has 1 aromatic carbocycles. The molecule has 2 aromatic rings. The van der Waals surface area contributed by atoms with E-state index in [1.807, 2.05) is 30.3 Å². The van der Waals surface area contributed by atoms with E-state index in [9.17, 15) is 4.79 Å². The van der Waals surface area contributed by atoms with Crippen molar-refractivity contribution < 1.29 is 14.1 Å². The molecule has 2 heterocycles. The highest BCUT2D eigenvalue weighted by atomic mass is 16.5. The van der Waals surface area contributed by atoms with Gasteiger partial charge in [0.2, 0.25) is 11.7 Å². The lowest BCUT2D eigenvalue weighted by molar-refractivity contribution is -0.142. The molecule has 0 unspecified atom stereocenters. The molecule has 7 nitrogen and oxygen atoms in total. The minimum atomic E-state index is -0.0876. The van der Waals surface area contributed by atoms with E-state index < -0.39 is 0 Å². The Kier molecular flexibility index (Phi) is 5.46. The molecule has 0 radical (unpaired) electrons. The Morgan fingerprint density at radius 1 is 1.21 bits per heavy atom. The molecule has 1 saturated carbocycles. The van der Waals surface area contributed by atoms with Gasteiger partial charge in [-0.2, -0.15) is 4.98 Å². The van der Waals surface area contributed by atoms with Crippen LogP contribution < -0.4 is 0 Å². The van der Waals surface area contributed by atoms with Gasteiger partial charge in [-0.15, -0.1) is 0 Å². The zero-order chi connectivity index (χ0) is 19.6. The second kappa shape index (κ2) is 8.01. The van der Waals surface area contributed by atoms with Crippen molar-refractivity contribution in [2.24, 2.45) is 5.41 Å². The van der Waals surface area contributed by atoms with Gasteiger partial charge in [0, 0.05) is 38.3 Å². The number of esters is 1. The summed E-state index contributed by atoms with van der Waals surface area (Å²) in [5.74, 6) is 1.21. The summed E-state index contributed by atoms with van der Waals surface area (Å²) in [6, 6.07) is 9.99. The molecule has 0 amide bonds. The lowest BCUT2D eigenvalue weighted by Crippen LogP contribution is -2.48. The van der Waals surface area contributed by atoms with Crippen molar-refractivity contribution >= 4 is 5.97 Å². The van der Waals surface area contributed by atoms with Crippen LogP contribution in [0.4, 0.5) is 0 Å². The maximum Gasteiger partial charge on any atom is 0.306 e. The van der Waals surface area contributed by atoms with Gasteiger partial charge in [0.15, 0.2) is 0 Å². The minimum absolute atomic E-state index is 0.0876. The molecule has 0 bridgehead atoms. The molecule has 1 aliphatic carbocycles. The van der Waals surface area contributed by atoms with Crippen molar-refractivity contribution in [2.45, 2.75) is 32.2 Å². The van der Waals surface area contributed by atoms with Crippen LogP contribution >= 0.6 is 0 Å². The SMILES string of the molecule is COC(=O)CC1(CN2CCN([C@@H](C)c3nc(-c4ccccc4)no3)CC2)CC1. The van der Waals surface area contributed by atoms with E-state index in [1.165, 1.54) is 7.11 Å². The van der Waals surface area contributed by atoms with E-state index in [0.717, 1.165) is 51.1 Å². The van der Waals surface area contributed by atoms with Crippen molar-refractivity contribution in [3.8, 4) is 11.4 Å². The molecule has 0 spiro atoms. The van der Waals surface area contributed by atoms with E-state index in [1.54, 1.807) is 0 Å². The molecule has 7 heteroatoms. The Morgan fingerprint density at radius 2 is 1.93 bits per heavy atom. The molecule has 1 aliphatic heterocycles. The fourth-order valence-electron chi connectivity index (χ4n) is 3.99. The number of ether oxygens (including phenoxy) is 1. The van der Waals surface area contributed by atoms with Gasteiger partial charge >= 0.3 is 5.97 Å². The average molecular weight is 384 g/mol. The molecule has 150 valence electrons. The van der Waals surface area contributed by atoms with Gasteiger partial charge in [0.25, 0.3) is 0 Å². The van der Waals surface area contributed by atoms with Crippen LogP contribution in [0.1, 0.15) is 38.1 Å². The van der Waals surface area contributed by atoms with Gasteiger partial charge < -0.3 is 14.2 Å². The van der Waals surface area contributed by atoms with Crippen LogP contribution in [0.25, 0.3) is 11.4 Å². The highest BCUT2D eigenvalue weighted by molar-refractivity contribution is 5.70. The van der Waals surface area contributed by atoms with Crippen molar-refractivity contribution in [3.63, 3.8) is 0 Å². The lowest BCUT2D eigenvalue weighted by atomic mass is 10.0. The molecule has 1 atom stereocenters. The first-order valence-electron chi connectivity index (χ1n) is 10.0. The third-order valence-corrected chi connectivity index (χ3v) is 6.05. The van der Waals surface area contributed by atoms with E-state index in [4.69, 9.17) is 9.26 Å². The first-order chi connectivity index (χ1) is 13.6. The normalized spacial score (nSPS) is 20.6. The Morgan fingerprint density at radius 3 is 2.57 bits per heavy atom. The molecule has 2 aliphatic rings. The molecule has 1 aromatic heterocycles. The van der Waals surface area contributed by atoms with Crippen molar-refractivity contribution in [3.05, 3.63) is 36.2 Å².